The van der Waals surface area contributed by atoms with E-state index in [-0.39, 0.29) is 6.42 Å². The molecule has 8 heteroatoms. The van der Waals surface area contributed by atoms with Gasteiger partial charge in [-0.2, -0.15) is 13.2 Å². The average Bonchev–Trinajstić information content (AvgIpc) is 3.15. The van der Waals surface area contributed by atoms with Crippen molar-refractivity contribution in [2.24, 2.45) is 18.9 Å². The van der Waals surface area contributed by atoms with Crippen molar-refractivity contribution in [3.63, 3.8) is 0 Å². The Hall–Kier alpha value is -2.51. The number of fused-ring (bicyclic) bond motifs is 1. The Morgan fingerprint density at radius 2 is 1.92 bits per heavy atom. The predicted octanol–water partition coefficient (Wildman–Crippen LogP) is 2.83. The Morgan fingerprint density at radius 1 is 1.23 bits per heavy atom. The molecule has 1 N–H and O–H groups in total. The zero-order valence-corrected chi connectivity index (χ0v) is 14.2. The van der Waals surface area contributed by atoms with Gasteiger partial charge in [0.25, 0.3) is 0 Å². The fourth-order valence-corrected chi connectivity index (χ4v) is 3.61. The number of carbonyl (C=O) groups excluding carboxylic acids is 1. The zero-order chi connectivity index (χ0) is 19.1. The lowest BCUT2D eigenvalue weighted by atomic mass is 9.96. The van der Waals surface area contributed by atoms with Crippen LogP contribution in [-0.2, 0) is 23.1 Å². The number of aliphatic carboxylic acids is 1. The molecule has 0 aliphatic carbocycles. The van der Waals surface area contributed by atoms with E-state index in [1.807, 2.05) is 42.1 Å². The minimum Gasteiger partial charge on any atom is -0.481 e. The number of benzene rings is 1. The minimum atomic E-state index is -4.63. The number of carboxylic acids is 1. The Labute approximate surface area is 148 Å². The summed E-state index contributed by atoms with van der Waals surface area (Å²) >= 11 is 0. The Kier molecular flexibility index (Phi) is 4.68. The molecule has 2 heterocycles. The van der Waals surface area contributed by atoms with E-state index in [4.69, 9.17) is 5.11 Å². The van der Waals surface area contributed by atoms with Crippen LogP contribution < -0.4 is 0 Å². The number of alkyl halides is 3. The molecule has 1 saturated heterocycles. The van der Waals surface area contributed by atoms with E-state index in [0.29, 0.717) is 6.42 Å². The molecule has 0 spiro atoms. The zero-order valence-electron chi connectivity index (χ0n) is 14.2. The number of likely N-dealkylation sites (tertiary alicyclic amines) is 1. The predicted molar refractivity (Wildman–Crippen MR) is 88.5 cm³/mol. The SMILES string of the molecule is Cn1cc(CCC(=O)N2C[C@@H](C(F)(F)F)[C@H](C(=O)O)C2)c2ccccc21. The fraction of sp³-hybridized carbons (Fsp3) is 0.444. The first-order valence-electron chi connectivity index (χ1n) is 8.28. The summed E-state index contributed by atoms with van der Waals surface area (Å²) in [7, 11) is 1.89. The summed E-state index contributed by atoms with van der Waals surface area (Å²) in [5.41, 5.74) is 1.96. The third-order valence-corrected chi connectivity index (χ3v) is 5.00. The second-order valence-electron chi connectivity index (χ2n) is 6.67. The summed E-state index contributed by atoms with van der Waals surface area (Å²) in [6.45, 7) is -0.983. The van der Waals surface area contributed by atoms with Crippen LogP contribution in [-0.4, -0.2) is 45.7 Å². The molecule has 1 amide bonds. The smallest absolute Gasteiger partial charge is 0.394 e. The Balaban J connectivity index is 1.69. The summed E-state index contributed by atoms with van der Waals surface area (Å²) in [6, 6.07) is 7.68. The third-order valence-electron chi connectivity index (χ3n) is 5.00. The van der Waals surface area contributed by atoms with Crippen molar-refractivity contribution < 1.29 is 27.9 Å². The Morgan fingerprint density at radius 3 is 2.54 bits per heavy atom. The maximum absolute atomic E-state index is 13.0. The highest BCUT2D eigenvalue weighted by Gasteiger charge is 2.53. The summed E-state index contributed by atoms with van der Waals surface area (Å²) in [6.07, 6.45) is -2.29. The molecule has 0 bridgehead atoms. The lowest BCUT2D eigenvalue weighted by Crippen LogP contribution is -2.34. The molecule has 0 saturated carbocycles. The first kappa shape index (κ1) is 18.3. The van der Waals surface area contributed by atoms with Crippen molar-refractivity contribution in [1.29, 1.82) is 0 Å². The molecule has 140 valence electrons. The molecule has 3 rings (SSSR count). The topological polar surface area (TPSA) is 62.5 Å². The molecule has 26 heavy (non-hydrogen) atoms. The van der Waals surface area contributed by atoms with Gasteiger partial charge < -0.3 is 14.6 Å². The second kappa shape index (κ2) is 6.66. The number of halogens is 3. The number of nitrogens with zero attached hydrogens (tertiary/aromatic N) is 2. The molecule has 5 nitrogen and oxygen atoms in total. The van der Waals surface area contributed by atoms with Gasteiger partial charge in [-0.05, 0) is 18.1 Å². The highest BCUT2D eigenvalue weighted by Crippen LogP contribution is 2.38. The lowest BCUT2D eigenvalue weighted by Gasteiger charge is -2.18. The summed E-state index contributed by atoms with van der Waals surface area (Å²) in [4.78, 5) is 24.5. The molecule has 1 aliphatic rings. The minimum absolute atomic E-state index is 0.0466. The van der Waals surface area contributed by atoms with Crippen LogP contribution in [0, 0.1) is 11.8 Å². The normalized spacial score (nSPS) is 20.7. The van der Waals surface area contributed by atoms with Crippen LogP contribution in [0.15, 0.2) is 30.5 Å². The quantitative estimate of drug-likeness (QED) is 0.903. The van der Waals surface area contributed by atoms with Crippen molar-refractivity contribution in [3.8, 4) is 0 Å². The standard InChI is InChI=1S/C18H19F3N2O3/c1-22-8-11(12-4-2-3-5-15(12)22)6-7-16(24)23-9-13(17(25)26)14(10-23)18(19,20)21/h2-5,8,13-14H,6-7,9-10H2,1H3,(H,25,26)/t13-,14-/m1/s1. The molecule has 2 aromatic rings. The maximum atomic E-state index is 13.0. The van der Waals surface area contributed by atoms with Crippen LogP contribution in [0.1, 0.15) is 12.0 Å². The van der Waals surface area contributed by atoms with Crippen LogP contribution in [0.2, 0.25) is 0 Å². The van der Waals surface area contributed by atoms with Gasteiger partial charge in [0.15, 0.2) is 0 Å². The molecule has 0 unspecified atom stereocenters. The number of para-hydroxylation sites is 1. The van der Waals surface area contributed by atoms with E-state index in [0.717, 1.165) is 21.4 Å². The van der Waals surface area contributed by atoms with Gasteiger partial charge in [0.2, 0.25) is 5.91 Å². The van der Waals surface area contributed by atoms with Gasteiger partial charge in [0.1, 0.15) is 0 Å². The van der Waals surface area contributed by atoms with E-state index < -0.39 is 43.0 Å². The van der Waals surface area contributed by atoms with Gasteiger partial charge in [-0.25, -0.2) is 0 Å². The van der Waals surface area contributed by atoms with Gasteiger partial charge >= 0.3 is 12.1 Å². The summed E-state index contributed by atoms with van der Waals surface area (Å²) < 4.78 is 41.0. The lowest BCUT2D eigenvalue weighted by molar-refractivity contribution is -0.188. The van der Waals surface area contributed by atoms with E-state index in [1.54, 1.807) is 0 Å². The van der Waals surface area contributed by atoms with Crippen LogP contribution >= 0.6 is 0 Å². The second-order valence-corrected chi connectivity index (χ2v) is 6.67. The van der Waals surface area contributed by atoms with Crippen LogP contribution in [0.3, 0.4) is 0 Å². The van der Waals surface area contributed by atoms with Crippen molar-refractivity contribution in [2.75, 3.05) is 13.1 Å². The number of aromatic nitrogens is 1. The fourth-order valence-electron chi connectivity index (χ4n) is 3.61. The van der Waals surface area contributed by atoms with Gasteiger partial charge in [-0.3, -0.25) is 9.59 Å². The van der Waals surface area contributed by atoms with Gasteiger partial charge in [-0.15, -0.1) is 0 Å². The molecule has 2 atom stereocenters. The van der Waals surface area contributed by atoms with E-state index in [9.17, 15) is 22.8 Å². The van der Waals surface area contributed by atoms with Gasteiger partial charge in [0, 0.05) is 43.7 Å². The highest BCUT2D eigenvalue weighted by molar-refractivity contribution is 5.85. The maximum Gasteiger partial charge on any atom is 0.394 e. The Bertz CT molecular complexity index is 844. The number of hydrogen-bond donors (Lipinski definition) is 1. The van der Waals surface area contributed by atoms with Crippen molar-refractivity contribution in [3.05, 3.63) is 36.0 Å². The molecule has 1 aromatic heterocycles. The highest BCUT2D eigenvalue weighted by atomic mass is 19.4. The number of rotatable bonds is 4. The van der Waals surface area contributed by atoms with E-state index in [2.05, 4.69) is 0 Å². The molecular weight excluding hydrogens is 349 g/mol. The van der Waals surface area contributed by atoms with Crippen molar-refractivity contribution >= 4 is 22.8 Å². The van der Waals surface area contributed by atoms with Crippen LogP contribution in [0.25, 0.3) is 10.9 Å². The van der Waals surface area contributed by atoms with E-state index in [1.165, 1.54) is 0 Å². The van der Waals surface area contributed by atoms with Gasteiger partial charge in [-0.1, -0.05) is 18.2 Å². The number of hydrogen-bond acceptors (Lipinski definition) is 2. The average molecular weight is 368 g/mol. The largest absolute Gasteiger partial charge is 0.481 e. The molecular formula is C18H19F3N2O3. The number of aryl methyl sites for hydroxylation is 2. The molecule has 1 fully saturated rings. The summed E-state index contributed by atoms with van der Waals surface area (Å²) in [5.74, 6) is -5.58. The van der Waals surface area contributed by atoms with Crippen LogP contribution in [0.4, 0.5) is 13.2 Å². The first-order chi connectivity index (χ1) is 12.2. The summed E-state index contributed by atoms with van der Waals surface area (Å²) in [5, 5.41) is 10.0. The number of amides is 1. The molecule has 0 radical (unpaired) electrons. The third kappa shape index (κ3) is 3.40. The number of carbonyl (C=O) groups is 2. The first-order valence-corrected chi connectivity index (χ1v) is 8.28. The molecule has 1 aromatic carbocycles. The van der Waals surface area contributed by atoms with Gasteiger partial charge in [0.05, 0.1) is 11.8 Å². The van der Waals surface area contributed by atoms with Crippen molar-refractivity contribution in [2.45, 2.75) is 19.0 Å². The molecule has 1 aliphatic heterocycles. The van der Waals surface area contributed by atoms with Crippen molar-refractivity contribution in [1.82, 2.24) is 9.47 Å². The monoisotopic (exact) mass is 368 g/mol. The van der Waals surface area contributed by atoms with Crippen LogP contribution in [0.5, 0.6) is 0 Å². The number of carboxylic acid groups (broad SMARTS) is 1. The van der Waals surface area contributed by atoms with E-state index >= 15 is 0 Å².